The van der Waals surface area contributed by atoms with Gasteiger partial charge in [0.1, 0.15) is 11.9 Å². The number of halogens is 1. The second-order valence-electron chi connectivity index (χ2n) is 9.51. The van der Waals surface area contributed by atoms with Crippen LogP contribution in [0.25, 0.3) is 0 Å². The molecule has 2 amide bonds. The fourth-order valence-corrected chi connectivity index (χ4v) is 4.69. The average Bonchev–Trinajstić information content (AvgIpc) is 3.37. The van der Waals surface area contributed by atoms with Gasteiger partial charge in [-0.3, -0.25) is 9.59 Å². The minimum atomic E-state index is -0.646. The zero-order valence-electron chi connectivity index (χ0n) is 20.3. The van der Waals surface area contributed by atoms with Crippen molar-refractivity contribution in [1.29, 1.82) is 0 Å². The van der Waals surface area contributed by atoms with E-state index in [-0.39, 0.29) is 30.1 Å². The third-order valence-electron chi connectivity index (χ3n) is 6.71. The van der Waals surface area contributed by atoms with Gasteiger partial charge in [0.05, 0.1) is 6.42 Å². The molecule has 1 aliphatic carbocycles. The lowest BCUT2D eigenvalue weighted by molar-refractivity contribution is -0.141. The summed E-state index contributed by atoms with van der Waals surface area (Å²) in [6, 6.07) is 23.4. The number of nitrogens with zero attached hydrogens (tertiary/aromatic N) is 1. The minimum absolute atomic E-state index is 0.105. The van der Waals surface area contributed by atoms with E-state index >= 15 is 0 Å². The summed E-state index contributed by atoms with van der Waals surface area (Å²) in [4.78, 5) is 29.0. The van der Waals surface area contributed by atoms with E-state index in [1.807, 2.05) is 61.5 Å². The van der Waals surface area contributed by atoms with Crippen LogP contribution in [0.15, 0.2) is 78.9 Å². The Kier molecular flexibility index (Phi) is 8.30. The lowest BCUT2D eigenvalue weighted by Crippen LogP contribution is -2.52. The fourth-order valence-electron chi connectivity index (χ4n) is 4.69. The molecule has 0 aliphatic heterocycles. The molecule has 3 aromatic carbocycles. The van der Waals surface area contributed by atoms with Crippen molar-refractivity contribution in [2.45, 2.75) is 64.1 Å². The zero-order valence-corrected chi connectivity index (χ0v) is 20.3. The van der Waals surface area contributed by atoms with Crippen molar-refractivity contribution in [1.82, 2.24) is 10.2 Å². The Bertz CT molecular complexity index is 1110. The largest absolute Gasteiger partial charge is 0.352 e. The summed E-state index contributed by atoms with van der Waals surface area (Å²) in [7, 11) is 0. The molecular formula is C30H33FN2O2. The van der Waals surface area contributed by atoms with Crippen LogP contribution in [0.3, 0.4) is 0 Å². The van der Waals surface area contributed by atoms with E-state index in [4.69, 9.17) is 0 Å². The van der Waals surface area contributed by atoms with Gasteiger partial charge in [0, 0.05) is 19.0 Å². The van der Waals surface area contributed by atoms with Crippen LogP contribution < -0.4 is 5.32 Å². The molecular weight excluding hydrogens is 439 g/mol. The smallest absolute Gasteiger partial charge is 0.243 e. The molecule has 35 heavy (non-hydrogen) atoms. The highest BCUT2D eigenvalue weighted by atomic mass is 19.1. The van der Waals surface area contributed by atoms with Gasteiger partial charge in [-0.15, -0.1) is 0 Å². The second-order valence-corrected chi connectivity index (χ2v) is 9.51. The van der Waals surface area contributed by atoms with E-state index in [0.29, 0.717) is 13.0 Å². The molecule has 1 aliphatic rings. The van der Waals surface area contributed by atoms with Crippen molar-refractivity contribution < 1.29 is 14.0 Å². The maximum atomic E-state index is 13.7. The van der Waals surface area contributed by atoms with Crippen LogP contribution in [0.5, 0.6) is 0 Å². The zero-order chi connectivity index (χ0) is 24.6. The van der Waals surface area contributed by atoms with Crippen LogP contribution in [-0.4, -0.2) is 28.8 Å². The van der Waals surface area contributed by atoms with Crippen molar-refractivity contribution in [3.05, 3.63) is 107 Å². The molecule has 3 aromatic rings. The van der Waals surface area contributed by atoms with Gasteiger partial charge in [-0.05, 0) is 48.6 Å². The molecule has 0 spiro atoms. The van der Waals surface area contributed by atoms with Gasteiger partial charge in [-0.25, -0.2) is 4.39 Å². The van der Waals surface area contributed by atoms with E-state index < -0.39 is 6.04 Å². The summed E-state index contributed by atoms with van der Waals surface area (Å²) in [5.74, 6) is -0.601. The number of aryl methyl sites for hydroxylation is 1. The van der Waals surface area contributed by atoms with Crippen molar-refractivity contribution in [3.8, 4) is 0 Å². The molecule has 4 rings (SSSR count). The maximum Gasteiger partial charge on any atom is 0.243 e. The molecule has 0 saturated heterocycles. The fraction of sp³-hybridized carbons (Fsp3) is 0.333. The van der Waals surface area contributed by atoms with E-state index in [1.165, 1.54) is 12.1 Å². The van der Waals surface area contributed by atoms with E-state index in [1.54, 1.807) is 17.0 Å². The van der Waals surface area contributed by atoms with Crippen molar-refractivity contribution in [3.63, 3.8) is 0 Å². The molecule has 5 heteroatoms. The number of hydrogen-bond acceptors (Lipinski definition) is 2. The minimum Gasteiger partial charge on any atom is -0.352 e. The maximum absolute atomic E-state index is 13.7. The Morgan fingerprint density at radius 3 is 2.17 bits per heavy atom. The first-order chi connectivity index (χ1) is 17.0. The first-order valence-electron chi connectivity index (χ1n) is 12.4. The van der Waals surface area contributed by atoms with E-state index in [0.717, 1.165) is 47.9 Å². The summed E-state index contributed by atoms with van der Waals surface area (Å²) in [6.07, 6.45) is 4.72. The molecule has 1 fully saturated rings. The molecule has 0 aromatic heterocycles. The summed E-state index contributed by atoms with van der Waals surface area (Å²) in [5, 5.41) is 3.22. The third-order valence-corrected chi connectivity index (χ3v) is 6.71. The van der Waals surface area contributed by atoms with E-state index in [9.17, 15) is 14.0 Å². The van der Waals surface area contributed by atoms with Crippen LogP contribution in [0, 0.1) is 12.7 Å². The Balaban J connectivity index is 1.64. The number of amides is 2. The molecule has 0 bridgehead atoms. The Morgan fingerprint density at radius 1 is 0.886 bits per heavy atom. The van der Waals surface area contributed by atoms with Crippen LogP contribution in [-0.2, 0) is 29.0 Å². The van der Waals surface area contributed by atoms with Gasteiger partial charge in [0.2, 0.25) is 11.8 Å². The average molecular weight is 473 g/mol. The number of nitrogens with one attached hydrogen (secondary N) is 1. The quantitative estimate of drug-likeness (QED) is 0.455. The highest BCUT2D eigenvalue weighted by Crippen LogP contribution is 2.21. The lowest BCUT2D eigenvalue weighted by atomic mass is 10.0. The normalized spacial score (nSPS) is 14.5. The van der Waals surface area contributed by atoms with Crippen molar-refractivity contribution in [2.75, 3.05) is 0 Å². The molecule has 1 N–H and O–H groups in total. The molecule has 4 nitrogen and oxygen atoms in total. The van der Waals surface area contributed by atoms with E-state index in [2.05, 4.69) is 5.32 Å². The van der Waals surface area contributed by atoms with Crippen molar-refractivity contribution in [2.24, 2.45) is 0 Å². The monoisotopic (exact) mass is 472 g/mol. The third kappa shape index (κ3) is 7.01. The molecule has 1 atom stereocenters. The number of carbonyl (C=O) groups is 2. The van der Waals surface area contributed by atoms with Crippen LogP contribution >= 0.6 is 0 Å². The molecule has 0 radical (unpaired) electrons. The van der Waals surface area contributed by atoms with Gasteiger partial charge in [0.15, 0.2) is 0 Å². The van der Waals surface area contributed by atoms with Gasteiger partial charge >= 0.3 is 0 Å². The summed E-state index contributed by atoms with van der Waals surface area (Å²) < 4.78 is 13.4. The predicted octanol–water partition coefficient (Wildman–Crippen LogP) is 5.38. The molecule has 182 valence electrons. The van der Waals surface area contributed by atoms with Crippen LogP contribution in [0.1, 0.15) is 47.9 Å². The Morgan fingerprint density at radius 2 is 1.51 bits per heavy atom. The lowest BCUT2D eigenvalue weighted by Gasteiger charge is -2.32. The second kappa shape index (κ2) is 11.8. The van der Waals surface area contributed by atoms with Gasteiger partial charge in [-0.1, -0.05) is 85.1 Å². The number of rotatable bonds is 9. The molecule has 1 saturated carbocycles. The van der Waals surface area contributed by atoms with Crippen molar-refractivity contribution >= 4 is 11.8 Å². The topological polar surface area (TPSA) is 49.4 Å². The molecule has 0 heterocycles. The summed E-state index contributed by atoms with van der Waals surface area (Å²) in [5.41, 5.74) is 3.83. The Hall–Kier alpha value is -3.47. The Labute approximate surface area is 207 Å². The SMILES string of the molecule is Cc1ccc(CN(C(=O)Cc2ccc(F)cc2)[C@H](Cc2ccccc2)C(=O)NC2CCCC2)cc1. The molecule has 0 unspecified atom stereocenters. The first kappa shape index (κ1) is 24.6. The van der Waals surface area contributed by atoms with Gasteiger partial charge < -0.3 is 10.2 Å². The highest BCUT2D eigenvalue weighted by molar-refractivity contribution is 5.89. The van der Waals surface area contributed by atoms with Crippen LogP contribution in [0.4, 0.5) is 4.39 Å². The summed E-state index contributed by atoms with van der Waals surface area (Å²) in [6.45, 7) is 2.35. The number of hydrogen-bond donors (Lipinski definition) is 1. The number of benzene rings is 3. The standard InChI is InChI=1S/C30H33FN2O2/c1-22-11-13-25(14-12-22)21-33(29(34)20-24-15-17-26(31)18-16-24)28(19-23-7-3-2-4-8-23)30(35)32-27-9-5-6-10-27/h2-4,7-8,11-18,27-28H,5-6,9-10,19-21H2,1H3,(H,32,35)/t28-/m1/s1. The number of carbonyl (C=O) groups excluding carboxylic acids is 2. The van der Waals surface area contributed by atoms with Crippen LogP contribution in [0.2, 0.25) is 0 Å². The van der Waals surface area contributed by atoms with Gasteiger partial charge in [0.25, 0.3) is 0 Å². The van der Waals surface area contributed by atoms with Gasteiger partial charge in [-0.2, -0.15) is 0 Å². The highest BCUT2D eigenvalue weighted by Gasteiger charge is 2.32. The first-order valence-corrected chi connectivity index (χ1v) is 12.4. The predicted molar refractivity (Wildman–Crippen MR) is 136 cm³/mol. The summed E-state index contributed by atoms with van der Waals surface area (Å²) >= 11 is 0.